The number of H-pyrrole nitrogens is 1. The van der Waals surface area contributed by atoms with E-state index in [0.717, 1.165) is 16.5 Å². The molecule has 0 spiro atoms. The Kier molecular flexibility index (Phi) is 3.43. The summed E-state index contributed by atoms with van der Waals surface area (Å²) in [6.45, 7) is 0.289. The lowest BCUT2D eigenvalue weighted by molar-refractivity contribution is -0.116. The van der Waals surface area contributed by atoms with Gasteiger partial charge in [0.2, 0.25) is 11.7 Å². The van der Waals surface area contributed by atoms with Crippen LogP contribution >= 0.6 is 0 Å². The summed E-state index contributed by atoms with van der Waals surface area (Å²) >= 11 is 0. The van der Waals surface area contributed by atoms with Crippen LogP contribution in [0.15, 0.2) is 42.9 Å². The van der Waals surface area contributed by atoms with Crippen molar-refractivity contribution in [3.8, 4) is 11.3 Å². The molecule has 0 radical (unpaired) electrons. The summed E-state index contributed by atoms with van der Waals surface area (Å²) < 4.78 is 1.75. The Morgan fingerprint density at radius 1 is 1.38 bits per heavy atom. The highest BCUT2D eigenvalue weighted by Crippen LogP contribution is 2.30. The highest BCUT2D eigenvalue weighted by Gasteiger charge is 2.17. The number of aromatic amines is 1. The molecule has 0 unspecified atom stereocenters. The first-order chi connectivity index (χ1) is 11.8. The Balaban J connectivity index is 1.88. The number of fused-ring (bicyclic) bond motifs is 2. The van der Waals surface area contributed by atoms with E-state index in [4.69, 9.17) is 5.73 Å². The number of anilines is 1. The van der Waals surface area contributed by atoms with Crippen molar-refractivity contribution in [3.05, 3.63) is 42.9 Å². The lowest BCUT2D eigenvalue weighted by Crippen LogP contribution is -2.17. The molecule has 0 bridgehead atoms. The topological polar surface area (TPSA) is 114 Å². The number of hydrogen-bond acceptors (Lipinski definition) is 5. The minimum absolute atomic E-state index is 0.159. The van der Waals surface area contributed by atoms with Gasteiger partial charge < -0.3 is 11.1 Å². The smallest absolute Gasteiger partial charge is 0.235 e. The van der Waals surface area contributed by atoms with E-state index < -0.39 is 0 Å². The largest absolute Gasteiger partial charge is 0.330 e. The summed E-state index contributed by atoms with van der Waals surface area (Å²) in [5.41, 5.74) is 7.86. The Bertz CT molecular complexity index is 1030. The molecule has 0 saturated heterocycles. The molecule has 0 aliphatic heterocycles. The Hall–Kier alpha value is -3.26. The molecule has 8 heteroatoms. The maximum Gasteiger partial charge on any atom is 0.235 e. The number of aromatic nitrogens is 5. The van der Waals surface area contributed by atoms with Gasteiger partial charge in [-0.1, -0.05) is 6.07 Å². The molecule has 0 atom stereocenters. The number of hydrogen-bond donors (Lipinski definition) is 3. The van der Waals surface area contributed by atoms with Crippen molar-refractivity contribution < 1.29 is 4.79 Å². The van der Waals surface area contributed by atoms with Crippen LogP contribution in [0.2, 0.25) is 0 Å². The molecule has 3 aromatic heterocycles. The summed E-state index contributed by atoms with van der Waals surface area (Å²) in [5, 5.41) is 10.8. The first-order valence-electron chi connectivity index (χ1n) is 7.53. The molecule has 8 nitrogen and oxygen atoms in total. The van der Waals surface area contributed by atoms with Crippen molar-refractivity contribution in [1.82, 2.24) is 24.6 Å². The second-order valence-corrected chi connectivity index (χ2v) is 5.34. The quantitative estimate of drug-likeness (QED) is 0.528. The van der Waals surface area contributed by atoms with Gasteiger partial charge in [-0.25, -0.2) is 9.97 Å². The summed E-state index contributed by atoms with van der Waals surface area (Å²) in [6.07, 6.45) is 5.54. The molecular formula is C16H15N7O. The van der Waals surface area contributed by atoms with Crippen molar-refractivity contribution in [3.63, 3.8) is 0 Å². The van der Waals surface area contributed by atoms with Gasteiger partial charge in [0, 0.05) is 42.5 Å². The van der Waals surface area contributed by atoms with E-state index >= 15 is 0 Å². The fraction of sp³-hybridized carbons (Fsp3) is 0.125. The molecule has 120 valence electrons. The van der Waals surface area contributed by atoms with Crippen LogP contribution in [0, 0.1) is 0 Å². The van der Waals surface area contributed by atoms with Crippen molar-refractivity contribution in [2.45, 2.75) is 6.42 Å². The van der Waals surface area contributed by atoms with Crippen molar-refractivity contribution in [2.24, 2.45) is 5.73 Å². The van der Waals surface area contributed by atoms with Gasteiger partial charge in [-0.2, -0.15) is 5.10 Å². The fourth-order valence-corrected chi connectivity index (χ4v) is 2.62. The van der Waals surface area contributed by atoms with Crippen LogP contribution < -0.4 is 11.1 Å². The number of nitrogens with zero attached hydrogens (tertiary/aromatic N) is 4. The molecule has 1 aromatic carbocycles. The van der Waals surface area contributed by atoms with Gasteiger partial charge in [-0.3, -0.25) is 14.3 Å². The third kappa shape index (κ3) is 2.38. The molecule has 1 amide bonds. The number of rotatable bonds is 4. The molecular weight excluding hydrogens is 306 g/mol. The maximum absolute atomic E-state index is 12.0. The van der Waals surface area contributed by atoms with Crippen LogP contribution in [0.3, 0.4) is 0 Å². The van der Waals surface area contributed by atoms with Gasteiger partial charge in [0.1, 0.15) is 11.5 Å². The zero-order chi connectivity index (χ0) is 16.5. The van der Waals surface area contributed by atoms with Crippen LogP contribution in [0.1, 0.15) is 6.42 Å². The molecule has 4 rings (SSSR count). The second-order valence-electron chi connectivity index (χ2n) is 5.34. The summed E-state index contributed by atoms with van der Waals surface area (Å²) in [4.78, 5) is 20.9. The molecule has 24 heavy (non-hydrogen) atoms. The maximum atomic E-state index is 12.0. The molecule has 0 aliphatic carbocycles. The molecule has 4 aromatic rings. The molecule has 0 fully saturated rings. The average molecular weight is 321 g/mol. The fourth-order valence-electron chi connectivity index (χ4n) is 2.62. The van der Waals surface area contributed by atoms with Gasteiger partial charge in [0.25, 0.3) is 0 Å². The van der Waals surface area contributed by atoms with Gasteiger partial charge in [0.15, 0.2) is 0 Å². The van der Waals surface area contributed by atoms with E-state index in [1.165, 1.54) is 0 Å². The lowest BCUT2D eigenvalue weighted by Gasteiger charge is -2.07. The summed E-state index contributed by atoms with van der Waals surface area (Å²) in [5.74, 6) is 0.941. The van der Waals surface area contributed by atoms with Gasteiger partial charge in [-0.05, 0) is 18.2 Å². The standard InChI is InChI=1S/C16H15N7O/c17-5-4-13(24)20-15-14(21-16-18-6-1-7-23(15)16)10-2-3-12-11(8-10)9-19-22-12/h1-3,6-9H,4-5,17H2,(H,19,22)(H,20,24). The normalized spacial score (nSPS) is 11.2. The first-order valence-corrected chi connectivity index (χ1v) is 7.53. The Labute approximate surface area is 136 Å². The minimum atomic E-state index is -0.159. The second kappa shape index (κ2) is 5.74. The number of benzene rings is 1. The summed E-state index contributed by atoms with van der Waals surface area (Å²) in [6, 6.07) is 7.59. The monoisotopic (exact) mass is 321 g/mol. The van der Waals surface area contributed by atoms with Gasteiger partial charge in [0.05, 0.1) is 5.52 Å². The number of nitrogens with one attached hydrogen (secondary N) is 2. The number of imidazole rings is 1. The average Bonchev–Trinajstić information content (AvgIpc) is 3.19. The highest BCUT2D eigenvalue weighted by molar-refractivity contribution is 5.95. The van der Waals surface area contributed by atoms with E-state index in [1.807, 2.05) is 30.6 Å². The van der Waals surface area contributed by atoms with E-state index in [2.05, 4.69) is 25.5 Å². The Morgan fingerprint density at radius 3 is 3.17 bits per heavy atom. The molecule has 3 heterocycles. The third-order valence-corrected chi connectivity index (χ3v) is 3.74. The summed E-state index contributed by atoms with van der Waals surface area (Å²) in [7, 11) is 0. The molecule has 4 N–H and O–H groups in total. The van der Waals surface area contributed by atoms with Crippen LogP contribution in [-0.4, -0.2) is 37.0 Å². The van der Waals surface area contributed by atoms with E-state index in [-0.39, 0.29) is 18.9 Å². The number of carbonyl (C=O) groups is 1. The van der Waals surface area contributed by atoms with Crippen molar-refractivity contribution in [2.75, 3.05) is 11.9 Å². The van der Waals surface area contributed by atoms with Gasteiger partial charge in [-0.15, -0.1) is 0 Å². The Morgan fingerprint density at radius 2 is 2.29 bits per heavy atom. The first kappa shape index (κ1) is 14.3. The number of amides is 1. The van der Waals surface area contributed by atoms with Crippen LogP contribution in [0.4, 0.5) is 5.82 Å². The molecule has 0 saturated carbocycles. The SMILES string of the molecule is NCCC(=O)Nc1c(-c2ccc3n[nH]cc3c2)nc2ncccn12. The predicted molar refractivity (Wildman–Crippen MR) is 90.4 cm³/mol. The predicted octanol–water partition coefficient (Wildman–Crippen LogP) is 1.56. The van der Waals surface area contributed by atoms with Crippen molar-refractivity contribution in [1.29, 1.82) is 0 Å². The van der Waals surface area contributed by atoms with E-state index in [9.17, 15) is 4.79 Å². The van der Waals surface area contributed by atoms with Crippen LogP contribution in [-0.2, 0) is 4.79 Å². The van der Waals surface area contributed by atoms with E-state index in [0.29, 0.717) is 17.3 Å². The molecule has 0 aliphatic rings. The minimum Gasteiger partial charge on any atom is -0.330 e. The van der Waals surface area contributed by atoms with Crippen molar-refractivity contribution >= 4 is 28.4 Å². The van der Waals surface area contributed by atoms with Crippen LogP contribution in [0.25, 0.3) is 27.9 Å². The number of carbonyl (C=O) groups excluding carboxylic acids is 1. The zero-order valence-corrected chi connectivity index (χ0v) is 12.7. The highest BCUT2D eigenvalue weighted by atomic mass is 16.1. The van der Waals surface area contributed by atoms with Gasteiger partial charge >= 0.3 is 0 Å². The zero-order valence-electron chi connectivity index (χ0n) is 12.7. The van der Waals surface area contributed by atoms with Crippen LogP contribution in [0.5, 0.6) is 0 Å². The third-order valence-electron chi connectivity index (χ3n) is 3.74. The number of nitrogens with two attached hydrogens (primary N) is 1. The lowest BCUT2D eigenvalue weighted by atomic mass is 10.1. The van der Waals surface area contributed by atoms with E-state index in [1.54, 1.807) is 16.7 Å².